The predicted octanol–water partition coefficient (Wildman–Crippen LogP) is 4.35. The number of amides is 1. The molecule has 0 saturated carbocycles. The van der Waals surface area contributed by atoms with Crippen molar-refractivity contribution >= 4 is 17.6 Å². The molecule has 0 aliphatic rings. The summed E-state index contributed by atoms with van der Waals surface area (Å²) in [7, 11) is 0. The Morgan fingerprint density at radius 1 is 0.967 bits per heavy atom. The summed E-state index contributed by atoms with van der Waals surface area (Å²) in [5.74, 6) is 0.767. The number of carbonyl (C=O) groups is 1. The maximum Gasteiger partial charge on any atom is 0.291 e. The van der Waals surface area contributed by atoms with E-state index >= 15 is 0 Å². The molecule has 2 aromatic carbocycles. The van der Waals surface area contributed by atoms with Gasteiger partial charge in [0.1, 0.15) is 0 Å². The van der Waals surface area contributed by atoms with Gasteiger partial charge in [-0.2, -0.15) is 0 Å². The Kier molecular flexibility index (Phi) is 7.66. The van der Waals surface area contributed by atoms with E-state index in [9.17, 15) is 4.79 Å². The van der Waals surface area contributed by atoms with E-state index in [2.05, 4.69) is 52.1 Å². The minimum absolute atomic E-state index is 0.273. The Morgan fingerprint density at radius 3 is 2.53 bits per heavy atom. The summed E-state index contributed by atoms with van der Waals surface area (Å²) in [6.45, 7) is 6.20. The third-order valence-corrected chi connectivity index (χ3v) is 4.64. The zero-order valence-corrected chi connectivity index (χ0v) is 17.4. The molecule has 0 aliphatic carbocycles. The summed E-state index contributed by atoms with van der Waals surface area (Å²) in [4.78, 5) is 16.8. The number of guanidine groups is 1. The Labute approximate surface area is 177 Å². The first-order valence-electron chi connectivity index (χ1n) is 10.2. The molecule has 0 fully saturated rings. The third kappa shape index (κ3) is 5.98. The minimum atomic E-state index is -0.273. The van der Waals surface area contributed by atoms with Gasteiger partial charge < -0.3 is 20.4 Å². The van der Waals surface area contributed by atoms with Crippen LogP contribution in [-0.4, -0.2) is 18.4 Å². The van der Waals surface area contributed by atoms with Crippen molar-refractivity contribution in [1.29, 1.82) is 0 Å². The van der Waals surface area contributed by atoms with Crippen LogP contribution in [0.15, 0.2) is 76.3 Å². The molecule has 0 bridgehead atoms. The van der Waals surface area contributed by atoms with Crippen molar-refractivity contribution < 1.29 is 9.21 Å². The summed E-state index contributed by atoms with van der Waals surface area (Å²) >= 11 is 0. The van der Waals surface area contributed by atoms with Crippen molar-refractivity contribution in [3.05, 3.63) is 89.4 Å². The lowest BCUT2D eigenvalue weighted by Crippen LogP contribution is -2.37. The van der Waals surface area contributed by atoms with Crippen LogP contribution in [0.5, 0.6) is 0 Å². The van der Waals surface area contributed by atoms with Crippen LogP contribution in [0.25, 0.3) is 0 Å². The van der Waals surface area contributed by atoms with Crippen LogP contribution < -0.4 is 16.0 Å². The molecule has 0 unspecified atom stereocenters. The zero-order valence-electron chi connectivity index (χ0n) is 17.4. The molecule has 1 aromatic heterocycles. The molecule has 0 atom stereocenters. The lowest BCUT2D eigenvalue weighted by atomic mass is 10.1. The smallest absolute Gasteiger partial charge is 0.291 e. The van der Waals surface area contributed by atoms with Gasteiger partial charge in [-0.15, -0.1) is 0 Å². The van der Waals surface area contributed by atoms with Gasteiger partial charge in [0.15, 0.2) is 11.7 Å². The fourth-order valence-corrected chi connectivity index (χ4v) is 3.11. The highest BCUT2D eigenvalue weighted by atomic mass is 16.3. The summed E-state index contributed by atoms with van der Waals surface area (Å²) in [5, 5.41) is 9.53. The molecule has 3 rings (SSSR count). The number of hydrogen-bond donors (Lipinski definition) is 3. The van der Waals surface area contributed by atoms with E-state index in [4.69, 9.17) is 4.42 Å². The number of furan rings is 1. The molecule has 0 aliphatic heterocycles. The van der Waals surface area contributed by atoms with Crippen LogP contribution in [-0.2, 0) is 19.5 Å². The normalized spacial score (nSPS) is 11.2. The highest BCUT2D eigenvalue weighted by molar-refractivity contribution is 6.02. The fourth-order valence-electron chi connectivity index (χ4n) is 3.11. The first-order chi connectivity index (χ1) is 14.7. The Hall–Kier alpha value is -3.54. The number of nitrogens with zero attached hydrogens (tertiary/aromatic N) is 1. The highest BCUT2D eigenvalue weighted by Gasteiger charge is 2.09. The first-order valence-corrected chi connectivity index (χ1v) is 10.2. The van der Waals surface area contributed by atoms with Gasteiger partial charge in [-0.25, -0.2) is 4.99 Å². The minimum Gasteiger partial charge on any atom is -0.459 e. The maximum atomic E-state index is 12.2. The van der Waals surface area contributed by atoms with Crippen molar-refractivity contribution in [2.24, 2.45) is 4.99 Å². The van der Waals surface area contributed by atoms with Crippen molar-refractivity contribution in [2.75, 3.05) is 11.9 Å². The van der Waals surface area contributed by atoms with Crippen LogP contribution in [0.4, 0.5) is 5.69 Å². The second-order valence-electron chi connectivity index (χ2n) is 6.80. The summed E-state index contributed by atoms with van der Waals surface area (Å²) in [5.41, 5.74) is 4.31. The highest BCUT2D eigenvalue weighted by Crippen LogP contribution is 2.14. The van der Waals surface area contributed by atoms with Gasteiger partial charge in [0.05, 0.1) is 12.8 Å². The average molecular weight is 405 g/mol. The van der Waals surface area contributed by atoms with E-state index in [-0.39, 0.29) is 11.7 Å². The number of aliphatic imine (C=N–C) groups is 1. The van der Waals surface area contributed by atoms with E-state index in [0.29, 0.717) is 12.2 Å². The van der Waals surface area contributed by atoms with E-state index < -0.39 is 0 Å². The van der Waals surface area contributed by atoms with E-state index in [1.807, 2.05) is 31.2 Å². The molecule has 156 valence electrons. The molecule has 6 heteroatoms. The van der Waals surface area contributed by atoms with E-state index in [0.717, 1.165) is 31.0 Å². The van der Waals surface area contributed by atoms with Crippen molar-refractivity contribution in [2.45, 2.75) is 33.4 Å². The van der Waals surface area contributed by atoms with Gasteiger partial charge in [0, 0.05) is 18.8 Å². The van der Waals surface area contributed by atoms with Crippen molar-refractivity contribution in [3.8, 4) is 0 Å². The lowest BCUT2D eigenvalue weighted by Gasteiger charge is -2.13. The molecular weight excluding hydrogens is 376 g/mol. The predicted molar refractivity (Wildman–Crippen MR) is 121 cm³/mol. The molecule has 1 amide bonds. The fraction of sp³-hybridized carbons (Fsp3) is 0.250. The SMILES string of the molecule is CCNC(=NCc1cccc(NC(=O)c2ccco2)c1)NCc1ccccc1CC. The Balaban J connectivity index is 1.63. The van der Waals surface area contributed by atoms with Gasteiger partial charge in [0.25, 0.3) is 5.91 Å². The molecule has 0 spiro atoms. The van der Waals surface area contributed by atoms with Gasteiger partial charge >= 0.3 is 0 Å². The molecule has 0 saturated heterocycles. The summed E-state index contributed by atoms with van der Waals surface area (Å²) in [6.07, 6.45) is 2.48. The number of hydrogen-bond acceptors (Lipinski definition) is 3. The molecule has 1 heterocycles. The van der Waals surface area contributed by atoms with Gasteiger partial charge in [-0.1, -0.05) is 43.3 Å². The quantitative estimate of drug-likeness (QED) is 0.385. The molecule has 3 aromatic rings. The maximum absolute atomic E-state index is 12.2. The lowest BCUT2D eigenvalue weighted by molar-refractivity contribution is 0.0996. The Morgan fingerprint density at radius 2 is 1.80 bits per heavy atom. The van der Waals surface area contributed by atoms with Gasteiger partial charge in [-0.05, 0) is 54.3 Å². The topological polar surface area (TPSA) is 78.7 Å². The molecule has 30 heavy (non-hydrogen) atoms. The standard InChI is InChI=1S/C24H28N4O2/c1-3-19-10-5-6-11-20(19)17-27-24(25-4-2)26-16-18-9-7-12-21(15-18)28-23(29)22-13-8-14-30-22/h5-15H,3-4,16-17H2,1-2H3,(H,28,29)(H2,25,26,27). The number of carbonyl (C=O) groups excluding carboxylic acids is 1. The molecule has 0 radical (unpaired) electrons. The van der Waals surface area contributed by atoms with E-state index in [1.54, 1.807) is 12.1 Å². The van der Waals surface area contributed by atoms with Crippen LogP contribution in [0, 0.1) is 0 Å². The second-order valence-corrected chi connectivity index (χ2v) is 6.80. The summed E-state index contributed by atoms with van der Waals surface area (Å²) < 4.78 is 5.13. The number of rotatable bonds is 8. The van der Waals surface area contributed by atoms with Crippen LogP contribution in [0.1, 0.15) is 41.1 Å². The van der Waals surface area contributed by atoms with Crippen LogP contribution in [0.2, 0.25) is 0 Å². The summed E-state index contributed by atoms with van der Waals surface area (Å²) in [6, 6.07) is 19.4. The molecule has 3 N–H and O–H groups in total. The number of benzene rings is 2. The van der Waals surface area contributed by atoms with Gasteiger partial charge in [-0.3, -0.25) is 4.79 Å². The number of nitrogens with one attached hydrogen (secondary N) is 3. The third-order valence-electron chi connectivity index (χ3n) is 4.64. The Bertz CT molecular complexity index is 980. The average Bonchev–Trinajstić information content (AvgIpc) is 3.31. The molecular formula is C24H28N4O2. The van der Waals surface area contributed by atoms with Crippen LogP contribution >= 0.6 is 0 Å². The molecule has 6 nitrogen and oxygen atoms in total. The largest absolute Gasteiger partial charge is 0.459 e. The zero-order chi connectivity index (χ0) is 21.2. The second kappa shape index (κ2) is 10.9. The van der Waals surface area contributed by atoms with Crippen molar-refractivity contribution in [3.63, 3.8) is 0 Å². The monoisotopic (exact) mass is 404 g/mol. The number of aryl methyl sites for hydroxylation is 1. The van der Waals surface area contributed by atoms with E-state index in [1.165, 1.54) is 17.4 Å². The van der Waals surface area contributed by atoms with Gasteiger partial charge in [0.2, 0.25) is 0 Å². The van der Waals surface area contributed by atoms with Crippen LogP contribution in [0.3, 0.4) is 0 Å². The first kappa shape index (κ1) is 21.2. The van der Waals surface area contributed by atoms with Crippen molar-refractivity contribution in [1.82, 2.24) is 10.6 Å². The number of anilines is 1.